The Kier molecular flexibility index (Phi) is 12.6. The quantitative estimate of drug-likeness (QED) is 0.105. The molecule has 0 heterocycles. The molecule has 0 aromatic heterocycles. The van der Waals surface area contributed by atoms with E-state index < -0.39 is 11.8 Å². The van der Waals surface area contributed by atoms with Gasteiger partial charge in [0.15, 0.2) is 29.6 Å². The van der Waals surface area contributed by atoms with Crippen LogP contribution in [0.15, 0.2) is 53.6 Å². The molecular formula is C31H35IN4O7. The van der Waals surface area contributed by atoms with E-state index in [0.717, 1.165) is 22.4 Å². The average molecular weight is 703 g/mol. The molecule has 3 aromatic carbocycles. The largest absolute Gasteiger partial charge is 0.493 e. The lowest BCUT2D eigenvalue weighted by Crippen LogP contribution is -2.38. The van der Waals surface area contributed by atoms with Crippen molar-refractivity contribution in [2.45, 2.75) is 27.2 Å². The summed E-state index contributed by atoms with van der Waals surface area (Å²) >= 11 is 2.07. The summed E-state index contributed by atoms with van der Waals surface area (Å²) < 4.78 is 22.7. The zero-order chi connectivity index (χ0) is 31.4. The Bertz CT molecular complexity index is 1490. The van der Waals surface area contributed by atoms with E-state index in [9.17, 15) is 14.4 Å². The molecule has 228 valence electrons. The Morgan fingerprint density at radius 2 is 1.70 bits per heavy atom. The van der Waals surface area contributed by atoms with Crippen LogP contribution in [0.5, 0.6) is 23.0 Å². The van der Waals surface area contributed by atoms with E-state index in [1.165, 1.54) is 6.21 Å². The number of hydrazone groups is 1. The first-order chi connectivity index (χ1) is 20.7. The lowest BCUT2D eigenvalue weighted by atomic mass is 10.1. The van der Waals surface area contributed by atoms with E-state index >= 15 is 0 Å². The predicted molar refractivity (Wildman–Crippen MR) is 172 cm³/mol. The summed E-state index contributed by atoms with van der Waals surface area (Å²) in [5.74, 6) is -0.0123. The third-order valence-electron chi connectivity index (χ3n) is 6.29. The minimum Gasteiger partial charge on any atom is -0.493 e. The minimum atomic E-state index is -0.905. The summed E-state index contributed by atoms with van der Waals surface area (Å²) in [4.78, 5) is 37.0. The molecule has 3 amide bonds. The number of nitrogens with one attached hydrogen (secondary N) is 3. The predicted octanol–water partition coefficient (Wildman–Crippen LogP) is 4.15. The molecule has 3 aromatic rings. The molecule has 0 spiro atoms. The van der Waals surface area contributed by atoms with Crippen LogP contribution in [0.3, 0.4) is 0 Å². The van der Waals surface area contributed by atoms with Gasteiger partial charge in [-0.25, -0.2) is 5.43 Å². The maximum Gasteiger partial charge on any atom is 0.329 e. The third kappa shape index (κ3) is 9.60. The summed E-state index contributed by atoms with van der Waals surface area (Å²) in [7, 11) is 3.10. The molecule has 11 nitrogen and oxygen atoms in total. The summed E-state index contributed by atoms with van der Waals surface area (Å²) in [6.45, 7) is 6.14. The van der Waals surface area contributed by atoms with Crippen LogP contribution in [0.25, 0.3) is 0 Å². The van der Waals surface area contributed by atoms with E-state index in [1.807, 2.05) is 51.1 Å². The van der Waals surface area contributed by atoms with Crippen molar-refractivity contribution in [3.05, 3.63) is 74.4 Å². The van der Waals surface area contributed by atoms with Crippen molar-refractivity contribution in [1.29, 1.82) is 0 Å². The van der Waals surface area contributed by atoms with Gasteiger partial charge in [0, 0.05) is 12.2 Å². The Balaban J connectivity index is 1.54. The zero-order valence-corrected chi connectivity index (χ0v) is 26.9. The van der Waals surface area contributed by atoms with Crippen LogP contribution >= 0.6 is 22.6 Å². The third-order valence-corrected chi connectivity index (χ3v) is 7.09. The van der Waals surface area contributed by atoms with Gasteiger partial charge in [0.05, 0.1) is 30.6 Å². The Morgan fingerprint density at radius 3 is 2.42 bits per heavy atom. The number of carbonyl (C=O) groups is 3. The molecule has 0 atom stereocenters. The Hall–Kier alpha value is -4.33. The second-order valence-corrected chi connectivity index (χ2v) is 10.4. The maximum atomic E-state index is 12.6. The maximum absolute atomic E-state index is 12.6. The van der Waals surface area contributed by atoms with E-state index in [2.05, 4.69) is 43.8 Å². The number of halogens is 1. The second-order valence-electron chi connectivity index (χ2n) is 9.24. The second kappa shape index (κ2) is 16.3. The van der Waals surface area contributed by atoms with Crippen molar-refractivity contribution in [2.24, 2.45) is 5.10 Å². The van der Waals surface area contributed by atoms with Gasteiger partial charge in [0.25, 0.3) is 5.91 Å². The molecule has 0 unspecified atom stereocenters. The number of hydrogen-bond acceptors (Lipinski definition) is 8. The van der Waals surface area contributed by atoms with Gasteiger partial charge < -0.3 is 29.6 Å². The smallest absolute Gasteiger partial charge is 0.329 e. The fraction of sp³-hybridized carbons (Fsp3) is 0.290. The van der Waals surface area contributed by atoms with Crippen molar-refractivity contribution < 1.29 is 33.3 Å². The van der Waals surface area contributed by atoms with Crippen molar-refractivity contribution in [1.82, 2.24) is 10.7 Å². The molecule has 0 aliphatic rings. The lowest BCUT2D eigenvalue weighted by molar-refractivity contribution is -0.139. The summed E-state index contributed by atoms with van der Waals surface area (Å²) in [6, 6.07) is 14.6. The topological polar surface area (TPSA) is 137 Å². The zero-order valence-electron chi connectivity index (χ0n) is 24.7. The number of rotatable bonds is 13. The minimum absolute atomic E-state index is 0.214. The first-order valence-corrected chi connectivity index (χ1v) is 14.5. The SMILES string of the molecule is CCOc1cc(/C=N\NC(=O)C(=O)NCCc2ccc(OC)c(OC)c2)cc(I)c1OCC(=O)Nc1cccc(C)c1C. The standard InChI is InChI=1S/C31H35IN4O7/c1-6-42-27-16-22(14-23(32)29(27)43-18-28(37)35-24-9-7-8-19(2)20(24)3)17-34-36-31(39)30(38)33-13-12-21-10-11-25(40-4)26(15-21)41-5/h7-11,14-17H,6,12-13,18H2,1-5H3,(H,33,38)(H,35,37)(H,36,39)/b34-17-. The van der Waals surface area contributed by atoms with Crippen LogP contribution in [-0.4, -0.2) is 57.9 Å². The van der Waals surface area contributed by atoms with E-state index in [1.54, 1.807) is 32.4 Å². The van der Waals surface area contributed by atoms with E-state index in [0.29, 0.717) is 45.2 Å². The van der Waals surface area contributed by atoms with Gasteiger partial charge in [-0.15, -0.1) is 0 Å². The first-order valence-electron chi connectivity index (χ1n) is 13.4. The number of nitrogens with zero attached hydrogens (tertiary/aromatic N) is 1. The number of methoxy groups -OCH3 is 2. The van der Waals surface area contributed by atoms with Gasteiger partial charge in [-0.2, -0.15) is 5.10 Å². The Morgan fingerprint density at radius 1 is 0.930 bits per heavy atom. The van der Waals surface area contributed by atoms with Gasteiger partial charge in [-0.05, 0) is 102 Å². The van der Waals surface area contributed by atoms with Crippen molar-refractivity contribution in [2.75, 3.05) is 39.3 Å². The van der Waals surface area contributed by atoms with Crippen LogP contribution in [0.4, 0.5) is 5.69 Å². The van der Waals surface area contributed by atoms with Gasteiger partial charge >= 0.3 is 11.8 Å². The van der Waals surface area contributed by atoms with Crippen LogP contribution in [0.1, 0.15) is 29.2 Å². The molecule has 0 aliphatic carbocycles. The molecule has 43 heavy (non-hydrogen) atoms. The number of hydrogen-bond donors (Lipinski definition) is 3. The molecule has 0 aliphatic heterocycles. The number of ether oxygens (including phenoxy) is 4. The Labute approximate surface area is 264 Å². The average Bonchev–Trinajstić information content (AvgIpc) is 2.99. The summed E-state index contributed by atoms with van der Waals surface area (Å²) in [5.41, 5.74) is 6.52. The lowest BCUT2D eigenvalue weighted by Gasteiger charge is -2.15. The van der Waals surface area contributed by atoms with Crippen molar-refractivity contribution in [3.63, 3.8) is 0 Å². The van der Waals surface area contributed by atoms with Gasteiger partial charge in [-0.1, -0.05) is 18.2 Å². The van der Waals surface area contributed by atoms with Gasteiger partial charge in [0.2, 0.25) is 0 Å². The number of aryl methyl sites for hydroxylation is 1. The molecule has 0 saturated heterocycles. The van der Waals surface area contributed by atoms with Crippen LogP contribution in [-0.2, 0) is 20.8 Å². The highest BCUT2D eigenvalue weighted by Gasteiger charge is 2.16. The fourth-order valence-electron chi connectivity index (χ4n) is 3.93. The van der Waals surface area contributed by atoms with Crippen molar-refractivity contribution >= 4 is 52.2 Å². The molecule has 0 radical (unpaired) electrons. The molecule has 0 bridgehead atoms. The van der Waals surface area contributed by atoms with E-state index in [4.69, 9.17) is 18.9 Å². The van der Waals surface area contributed by atoms with Crippen molar-refractivity contribution in [3.8, 4) is 23.0 Å². The molecule has 3 rings (SSSR count). The summed E-state index contributed by atoms with van der Waals surface area (Å²) in [6.07, 6.45) is 1.87. The first kappa shape index (κ1) is 33.2. The molecule has 0 saturated carbocycles. The van der Waals surface area contributed by atoms with Crippen LogP contribution in [0, 0.1) is 17.4 Å². The van der Waals surface area contributed by atoms with Gasteiger partial charge in [-0.3, -0.25) is 14.4 Å². The number of anilines is 1. The molecule has 0 fully saturated rings. The highest BCUT2D eigenvalue weighted by atomic mass is 127. The van der Waals surface area contributed by atoms with Crippen LogP contribution in [0.2, 0.25) is 0 Å². The molecular weight excluding hydrogens is 667 g/mol. The normalized spacial score (nSPS) is 10.7. The number of carbonyl (C=O) groups excluding carboxylic acids is 3. The monoisotopic (exact) mass is 702 g/mol. The number of benzene rings is 3. The highest BCUT2D eigenvalue weighted by molar-refractivity contribution is 14.1. The summed E-state index contributed by atoms with van der Waals surface area (Å²) in [5, 5.41) is 9.33. The van der Waals surface area contributed by atoms with E-state index in [-0.39, 0.29) is 19.1 Å². The van der Waals surface area contributed by atoms with Crippen LogP contribution < -0.4 is 35.0 Å². The highest BCUT2D eigenvalue weighted by Crippen LogP contribution is 2.34. The molecule has 12 heteroatoms. The van der Waals surface area contributed by atoms with Gasteiger partial charge in [0.1, 0.15) is 0 Å². The number of amides is 3. The fourth-order valence-corrected chi connectivity index (χ4v) is 4.71. The molecule has 3 N–H and O–H groups in total.